The third-order valence-electron chi connectivity index (χ3n) is 3.54. The SMILES string of the molecule is COCC(NC(C)C1CCCO1)C1CC1. The summed E-state index contributed by atoms with van der Waals surface area (Å²) in [4.78, 5) is 0. The summed E-state index contributed by atoms with van der Waals surface area (Å²) in [5.74, 6) is 0.841. The molecule has 1 aliphatic heterocycles. The molecule has 0 spiro atoms. The average Bonchev–Trinajstić information content (AvgIpc) is 2.92. The summed E-state index contributed by atoms with van der Waals surface area (Å²) in [5.41, 5.74) is 0. The van der Waals surface area contributed by atoms with Gasteiger partial charge in [-0.25, -0.2) is 0 Å². The van der Waals surface area contributed by atoms with Crippen LogP contribution in [0.25, 0.3) is 0 Å². The first-order chi connectivity index (χ1) is 7.31. The van der Waals surface area contributed by atoms with E-state index in [-0.39, 0.29) is 0 Å². The van der Waals surface area contributed by atoms with E-state index in [9.17, 15) is 0 Å². The molecule has 3 nitrogen and oxygen atoms in total. The van der Waals surface area contributed by atoms with E-state index >= 15 is 0 Å². The lowest BCUT2D eigenvalue weighted by molar-refractivity contribution is 0.0694. The van der Waals surface area contributed by atoms with E-state index in [1.807, 2.05) is 0 Å². The fourth-order valence-electron chi connectivity index (χ4n) is 2.44. The Hall–Kier alpha value is -0.120. The molecule has 0 aromatic carbocycles. The van der Waals surface area contributed by atoms with E-state index in [0.29, 0.717) is 18.2 Å². The normalized spacial score (nSPS) is 30.4. The number of hydrogen-bond acceptors (Lipinski definition) is 3. The number of nitrogens with one attached hydrogen (secondary N) is 1. The molecule has 0 radical (unpaired) electrons. The molecule has 2 rings (SSSR count). The van der Waals surface area contributed by atoms with Crippen molar-refractivity contribution in [2.45, 2.75) is 50.8 Å². The zero-order valence-electron chi connectivity index (χ0n) is 9.87. The zero-order chi connectivity index (χ0) is 10.7. The van der Waals surface area contributed by atoms with Gasteiger partial charge in [0.15, 0.2) is 0 Å². The molecule has 1 N–H and O–H groups in total. The van der Waals surface area contributed by atoms with Crippen LogP contribution in [0.4, 0.5) is 0 Å². The van der Waals surface area contributed by atoms with Crippen LogP contribution in [0.2, 0.25) is 0 Å². The van der Waals surface area contributed by atoms with Crippen molar-refractivity contribution in [2.24, 2.45) is 5.92 Å². The Bertz CT molecular complexity index is 188. The maximum atomic E-state index is 5.69. The molecular formula is C12H23NO2. The van der Waals surface area contributed by atoms with E-state index in [0.717, 1.165) is 19.1 Å². The Morgan fingerprint density at radius 2 is 2.20 bits per heavy atom. The van der Waals surface area contributed by atoms with E-state index in [1.54, 1.807) is 7.11 Å². The van der Waals surface area contributed by atoms with Gasteiger partial charge in [0.1, 0.15) is 0 Å². The number of ether oxygens (including phenoxy) is 2. The van der Waals surface area contributed by atoms with E-state index in [4.69, 9.17) is 9.47 Å². The Labute approximate surface area is 92.5 Å². The van der Waals surface area contributed by atoms with Crippen LogP contribution in [0.1, 0.15) is 32.6 Å². The van der Waals surface area contributed by atoms with E-state index < -0.39 is 0 Å². The second kappa shape index (κ2) is 5.28. The van der Waals surface area contributed by atoms with Gasteiger partial charge in [-0.3, -0.25) is 0 Å². The van der Waals surface area contributed by atoms with Gasteiger partial charge in [0.25, 0.3) is 0 Å². The molecule has 0 amide bonds. The molecule has 3 atom stereocenters. The molecular weight excluding hydrogens is 190 g/mol. The van der Waals surface area contributed by atoms with Crippen LogP contribution in [0.5, 0.6) is 0 Å². The van der Waals surface area contributed by atoms with Gasteiger partial charge in [-0.2, -0.15) is 0 Å². The molecule has 1 saturated carbocycles. The van der Waals surface area contributed by atoms with Gasteiger partial charge in [-0.15, -0.1) is 0 Å². The molecule has 88 valence electrons. The predicted octanol–water partition coefficient (Wildman–Crippen LogP) is 1.57. The highest BCUT2D eigenvalue weighted by Gasteiger charge is 2.33. The van der Waals surface area contributed by atoms with Crippen molar-refractivity contribution in [3.63, 3.8) is 0 Å². The number of rotatable bonds is 6. The van der Waals surface area contributed by atoms with Gasteiger partial charge in [0.2, 0.25) is 0 Å². The Kier molecular flexibility index (Phi) is 4.00. The van der Waals surface area contributed by atoms with Gasteiger partial charge >= 0.3 is 0 Å². The fraction of sp³-hybridized carbons (Fsp3) is 1.00. The van der Waals surface area contributed by atoms with Gasteiger partial charge in [-0.1, -0.05) is 0 Å². The van der Waals surface area contributed by atoms with E-state index in [2.05, 4.69) is 12.2 Å². The smallest absolute Gasteiger partial charge is 0.0726 e. The van der Waals surface area contributed by atoms with Crippen molar-refractivity contribution in [2.75, 3.05) is 20.3 Å². The second-order valence-electron chi connectivity index (χ2n) is 4.91. The summed E-state index contributed by atoms with van der Waals surface area (Å²) in [7, 11) is 1.79. The Morgan fingerprint density at radius 3 is 2.73 bits per heavy atom. The van der Waals surface area contributed by atoms with Crippen LogP contribution >= 0.6 is 0 Å². The lowest BCUT2D eigenvalue weighted by Crippen LogP contribution is -2.46. The summed E-state index contributed by atoms with van der Waals surface area (Å²) in [5, 5.41) is 3.67. The molecule has 2 fully saturated rings. The monoisotopic (exact) mass is 213 g/mol. The maximum absolute atomic E-state index is 5.69. The molecule has 1 heterocycles. The largest absolute Gasteiger partial charge is 0.383 e. The summed E-state index contributed by atoms with van der Waals surface area (Å²) in [6.45, 7) is 4.01. The lowest BCUT2D eigenvalue weighted by atomic mass is 10.1. The van der Waals surface area contributed by atoms with Crippen LogP contribution < -0.4 is 5.32 Å². The first kappa shape index (κ1) is 11.4. The molecule has 3 heteroatoms. The van der Waals surface area contributed by atoms with Crippen molar-refractivity contribution in [1.29, 1.82) is 0 Å². The van der Waals surface area contributed by atoms with Gasteiger partial charge < -0.3 is 14.8 Å². The predicted molar refractivity (Wildman–Crippen MR) is 60.0 cm³/mol. The molecule has 1 aliphatic carbocycles. The van der Waals surface area contributed by atoms with Crippen molar-refractivity contribution in [1.82, 2.24) is 5.32 Å². The molecule has 0 aromatic heterocycles. The minimum atomic E-state index is 0.420. The van der Waals surface area contributed by atoms with Gasteiger partial charge in [-0.05, 0) is 38.5 Å². The average molecular weight is 213 g/mol. The molecule has 0 aromatic rings. The van der Waals surface area contributed by atoms with E-state index in [1.165, 1.54) is 25.7 Å². The third-order valence-corrected chi connectivity index (χ3v) is 3.54. The van der Waals surface area contributed by atoms with Crippen LogP contribution in [0.3, 0.4) is 0 Å². The Morgan fingerprint density at radius 1 is 1.40 bits per heavy atom. The van der Waals surface area contributed by atoms with Gasteiger partial charge in [0, 0.05) is 25.8 Å². The summed E-state index contributed by atoms with van der Waals surface area (Å²) in [6.07, 6.45) is 5.56. The zero-order valence-corrected chi connectivity index (χ0v) is 9.87. The first-order valence-electron chi connectivity index (χ1n) is 6.18. The minimum absolute atomic E-state index is 0.420. The fourth-order valence-corrected chi connectivity index (χ4v) is 2.44. The number of methoxy groups -OCH3 is 1. The standard InChI is InChI=1S/C12H23NO2/c1-9(12-4-3-7-15-12)13-11(8-14-2)10-5-6-10/h9-13H,3-8H2,1-2H3. The molecule has 1 saturated heterocycles. The Balaban J connectivity index is 1.76. The van der Waals surface area contributed by atoms with Crippen molar-refractivity contribution < 1.29 is 9.47 Å². The highest BCUT2D eigenvalue weighted by Crippen LogP contribution is 2.33. The summed E-state index contributed by atoms with van der Waals surface area (Å²) in [6, 6.07) is 1.00. The van der Waals surface area contributed by atoms with Crippen molar-refractivity contribution in [3.8, 4) is 0 Å². The number of hydrogen-bond donors (Lipinski definition) is 1. The minimum Gasteiger partial charge on any atom is -0.383 e. The summed E-state index contributed by atoms with van der Waals surface area (Å²) < 4.78 is 11.0. The van der Waals surface area contributed by atoms with Crippen molar-refractivity contribution in [3.05, 3.63) is 0 Å². The first-order valence-corrected chi connectivity index (χ1v) is 6.18. The van der Waals surface area contributed by atoms with Crippen LogP contribution in [-0.4, -0.2) is 38.5 Å². The van der Waals surface area contributed by atoms with Crippen molar-refractivity contribution >= 4 is 0 Å². The van der Waals surface area contributed by atoms with Crippen LogP contribution in [0, 0.1) is 5.92 Å². The molecule has 0 bridgehead atoms. The highest BCUT2D eigenvalue weighted by atomic mass is 16.5. The molecule has 3 unspecified atom stereocenters. The molecule has 2 aliphatic rings. The third kappa shape index (κ3) is 3.16. The van der Waals surface area contributed by atoms with Gasteiger partial charge in [0.05, 0.1) is 12.7 Å². The maximum Gasteiger partial charge on any atom is 0.0726 e. The highest BCUT2D eigenvalue weighted by molar-refractivity contribution is 4.89. The lowest BCUT2D eigenvalue weighted by Gasteiger charge is -2.26. The molecule has 15 heavy (non-hydrogen) atoms. The summed E-state index contributed by atoms with van der Waals surface area (Å²) >= 11 is 0. The quantitative estimate of drug-likeness (QED) is 0.726. The van der Waals surface area contributed by atoms with Crippen LogP contribution in [0.15, 0.2) is 0 Å². The topological polar surface area (TPSA) is 30.5 Å². The van der Waals surface area contributed by atoms with Crippen LogP contribution in [-0.2, 0) is 9.47 Å². The second-order valence-corrected chi connectivity index (χ2v) is 4.91.